The molecule has 104 valence electrons. The number of rotatable bonds is 1. The topological polar surface area (TPSA) is 31.4 Å². The second kappa shape index (κ2) is 4.17. The SMILES string of the molecule is FC1(F)Oc2ccc(-c3ccccn3)cc2C(F)(F)O1. The minimum Gasteiger partial charge on any atom is -0.409 e. The van der Waals surface area contributed by atoms with Crippen molar-refractivity contribution in [3.05, 3.63) is 48.2 Å². The molecule has 0 unspecified atom stereocenters. The van der Waals surface area contributed by atoms with Crippen LogP contribution < -0.4 is 4.74 Å². The lowest BCUT2D eigenvalue weighted by Gasteiger charge is -2.30. The van der Waals surface area contributed by atoms with Crippen LogP contribution in [-0.2, 0) is 10.8 Å². The molecule has 1 aromatic heterocycles. The van der Waals surface area contributed by atoms with Crippen LogP contribution in [0.1, 0.15) is 5.56 Å². The Hall–Kier alpha value is -2.15. The van der Waals surface area contributed by atoms with Crippen molar-refractivity contribution in [1.29, 1.82) is 0 Å². The highest BCUT2D eigenvalue weighted by molar-refractivity contribution is 5.62. The molecular formula is C13H7F4NO2. The second-order valence-electron chi connectivity index (χ2n) is 4.11. The van der Waals surface area contributed by atoms with Gasteiger partial charge < -0.3 is 4.74 Å². The first-order chi connectivity index (χ1) is 9.37. The molecule has 20 heavy (non-hydrogen) atoms. The molecule has 0 fully saturated rings. The monoisotopic (exact) mass is 285 g/mol. The van der Waals surface area contributed by atoms with Gasteiger partial charge in [-0.05, 0) is 30.3 Å². The van der Waals surface area contributed by atoms with Crippen LogP contribution >= 0.6 is 0 Å². The van der Waals surface area contributed by atoms with Crippen molar-refractivity contribution in [2.45, 2.75) is 12.4 Å². The van der Waals surface area contributed by atoms with E-state index in [1.807, 2.05) is 0 Å². The predicted octanol–water partition coefficient (Wildman–Crippen LogP) is 3.76. The van der Waals surface area contributed by atoms with Crippen molar-refractivity contribution < 1.29 is 27.0 Å². The number of halogens is 4. The van der Waals surface area contributed by atoms with Crippen molar-refractivity contribution in [2.24, 2.45) is 0 Å². The zero-order valence-electron chi connectivity index (χ0n) is 9.82. The van der Waals surface area contributed by atoms with Crippen LogP contribution in [0.5, 0.6) is 5.75 Å². The summed E-state index contributed by atoms with van der Waals surface area (Å²) < 4.78 is 60.4. The van der Waals surface area contributed by atoms with E-state index >= 15 is 0 Å². The zero-order chi connectivity index (χ0) is 14.4. The van der Waals surface area contributed by atoms with E-state index in [9.17, 15) is 17.6 Å². The zero-order valence-corrected chi connectivity index (χ0v) is 9.82. The second-order valence-corrected chi connectivity index (χ2v) is 4.11. The quantitative estimate of drug-likeness (QED) is 0.748. The average molecular weight is 285 g/mol. The molecule has 3 nitrogen and oxygen atoms in total. The summed E-state index contributed by atoms with van der Waals surface area (Å²) in [4.78, 5) is 4.00. The van der Waals surface area contributed by atoms with Crippen LogP contribution in [0.25, 0.3) is 11.3 Å². The number of pyridine rings is 1. The number of alkyl halides is 4. The standard InChI is InChI=1S/C13H7F4NO2/c14-12(15)9-7-8(10-3-1-2-6-18-10)4-5-11(9)19-13(16,17)20-12/h1-7H. The third-order valence-corrected chi connectivity index (χ3v) is 2.73. The Bertz CT molecular complexity index is 646. The first kappa shape index (κ1) is 12.9. The van der Waals surface area contributed by atoms with Gasteiger partial charge in [-0.1, -0.05) is 6.07 Å². The summed E-state index contributed by atoms with van der Waals surface area (Å²) in [7, 11) is 0. The number of ether oxygens (including phenoxy) is 2. The third kappa shape index (κ3) is 2.20. The Labute approximate surface area is 110 Å². The molecule has 2 aromatic rings. The normalized spacial score (nSPS) is 19.0. The van der Waals surface area contributed by atoms with Crippen molar-refractivity contribution in [1.82, 2.24) is 4.98 Å². The molecule has 0 bridgehead atoms. The summed E-state index contributed by atoms with van der Waals surface area (Å²) >= 11 is 0. The van der Waals surface area contributed by atoms with Gasteiger partial charge in [0, 0.05) is 11.8 Å². The van der Waals surface area contributed by atoms with Crippen molar-refractivity contribution in [3.8, 4) is 17.0 Å². The van der Waals surface area contributed by atoms with Gasteiger partial charge in [-0.15, -0.1) is 8.78 Å². The highest BCUT2D eigenvalue weighted by atomic mass is 19.3. The van der Waals surface area contributed by atoms with E-state index in [4.69, 9.17) is 0 Å². The van der Waals surface area contributed by atoms with E-state index in [-0.39, 0.29) is 0 Å². The van der Waals surface area contributed by atoms with Gasteiger partial charge >= 0.3 is 12.4 Å². The number of hydrogen-bond donors (Lipinski definition) is 0. The molecule has 0 saturated heterocycles. The molecule has 1 aliphatic rings. The van der Waals surface area contributed by atoms with E-state index in [0.717, 1.165) is 12.1 Å². The van der Waals surface area contributed by atoms with Crippen molar-refractivity contribution >= 4 is 0 Å². The molecule has 0 aliphatic carbocycles. The smallest absolute Gasteiger partial charge is 0.409 e. The summed E-state index contributed by atoms with van der Waals surface area (Å²) in [5.41, 5.74) is 0.0245. The molecule has 7 heteroatoms. The van der Waals surface area contributed by atoms with Gasteiger partial charge in [0.15, 0.2) is 0 Å². The Balaban J connectivity index is 2.10. The third-order valence-electron chi connectivity index (χ3n) is 2.73. The number of nitrogens with zero attached hydrogens (tertiary/aromatic N) is 1. The molecule has 0 spiro atoms. The summed E-state index contributed by atoms with van der Waals surface area (Å²) in [6.45, 7) is 0. The van der Waals surface area contributed by atoms with Crippen molar-refractivity contribution in [2.75, 3.05) is 0 Å². The van der Waals surface area contributed by atoms with E-state index in [1.54, 1.807) is 18.2 Å². The Morgan fingerprint density at radius 3 is 2.50 bits per heavy atom. The van der Waals surface area contributed by atoms with Crippen LogP contribution in [-0.4, -0.2) is 11.3 Å². The maximum absolute atomic E-state index is 13.6. The van der Waals surface area contributed by atoms with Crippen LogP contribution in [0.2, 0.25) is 0 Å². The van der Waals surface area contributed by atoms with Crippen LogP contribution in [0.15, 0.2) is 42.6 Å². The number of fused-ring (bicyclic) bond motifs is 1. The lowest BCUT2D eigenvalue weighted by Crippen LogP contribution is -2.41. The summed E-state index contributed by atoms with van der Waals surface area (Å²) in [6, 6.07) is 8.40. The summed E-state index contributed by atoms with van der Waals surface area (Å²) in [6.07, 6.45) is -7.00. The van der Waals surface area contributed by atoms with Gasteiger partial charge in [-0.3, -0.25) is 4.98 Å². The molecule has 1 aliphatic heterocycles. The maximum Gasteiger partial charge on any atom is 0.540 e. The largest absolute Gasteiger partial charge is 0.540 e. The lowest BCUT2D eigenvalue weighted by molar-refractivity contribution is -0.461. The van der Waals surface area contributed by atoms with Gasteiger partial charge in [0.05, 0.1) is 11.3 Å². The van der Waals surface area contributed by atoms with Gasteiger partial charge in [0.2, 0.25) is 0 Å². The van der Waals surface area contributed by atoms with Gasteiger partial charge in [0.1, 0.15) is 5.75 Å². The fourth-order valence-electron chi connectivity index (χ4n) is 1.89. The summed E-state index contributed by atoms with van der Waals surface area (Å²) in [5, 5.41) is 0. The molecule has 0 saturated carbocycles. The minimum absolute atomic E-state index is 0.349. The van der Waals surface area contributed by atoms with Crippen LogP contribution in [0.4, 0.5) is 17.6 Å². The minimum atomic E-state index is -4.36. The number of hydrogen-bond acceptors (Lipinski definition) is 3. The van der Waals surface area contributed by atoms with E-state index in [2.05, 4.69) is 14.5 Å². The van der Waals surface area contributed by atoms with Crippen LogP contribution in [0.3, 0.4) is 0 Å². The maximum atomic E-state index is 13.6. The summed E-state index contributed by atoms with van der Waals surface area (Å²) in [5.74, 6) is -0.620. The highest BCUT2D eigenvalue weighted by Gasteiger charge is 2.54. The van der Waals surface area contributed by atoms with Gasteiger partial charge in [0.25, 0.3) is 0 Å². The van der Waals surface area contributed by atoms with Crippen LogP contribution in [0, 0.1) is 0 Å². The number of benzene rings is 1. The molecular weight excluding hydrogens is 278 g/mol. The molecule has 0 radical (unpaired) electrons. The highest BCUT2D eigenvalue weighted by Crippen LogP contribution is 2.47. The molecule has 0 amide bonds. The van der Waals surface area contributed by atoms with Crippen molar-refractivity contribution in [3.63, 3.8) is 0 Å². The van der Waals surface area contributed by atoms with E-state index < -0.39 is 23.7 Å². The molecule has 3 rings (SSSR count). The molecule has 0 atom stereocenters. The van der Waals surface area contributed by atoms with E-state index in [1.165, 1.54) is 12.3 Å². The fourth-order valence-corrected chi connectivity index (χ4v) is 1.89. The Morgan fingerprint density at radius 1 is 1.00 bits per heavy atom. The first-order valence-electron chi connectivity index (χ1n) is 5.58. The first-order valence-corrected chi connectivity index (χ1v) is 5.58. The van der Waals surface area contributed by atoms with Gasteiger partial charge in [-0.2, -0.15) is 8.78 Å². The Morgan fingerprint density at radius 2 is 1.80 bits per heavy atom. The van der Waals surface area contributed by atoms with Gasteiger partial charge in [-0.25, -0.2) is 4.74 Å². The fraction of sp³-hybridized carbons (Fsp3) is 0.154. The molecule has 2 heterocycles. The average Bonchev–Trinajstić information content (AvgIpc) is 2.37. The Kier molecular flexibility index (Phi) is 2.68. The molecule has 1 aromatic carbocycles. The predicted molar refractivity (Wildman–Crippen MR) is 60.2 cm³/mol. The number of aromatic nitrogens is 1. The lowest BCUT2D eigenvalue weighted by atomic mass is 10.1. The molecule has 0 N–H and O–H groups in total. The van der Waals surface area contributed by atoms with E-state index in [0.29, 0.717) is 11.3 Å².